The average molecular weight is 235 g/mol. The number of esters is 1. The molecule has 0 aliphatic carbocycles. The van der Waals surface area contributed by atoms with Crippen molar-refractivity contribution < 1.29 is 9.53 Å². The Balaban J connectivity index is 3.09. The summed E-state index contributed by atoms with van der Waals surface area (Å²) < 4.78 is 5.14. The molecule has 1 aromatic carbocycles. The minimum absolute atomic E-state index is 0.182. The Morgan fingerprint density at radius 2 is 1.94 bits per heavy atom. The quantitative estimate of drug-likeness (QED) is 0.734. The third kappa shape index (κ3) is 3.30. The van der Waals surface area contributed by atoms with Crippen molar-refractivity contribution in [1.82, 2.24) is 4.90 Å². The van der Waals surface area contributed by atoms with E-state index in [9.17, 15) is 4.79 Å². The molecule has 1 rings (SSSR count). The summed E-state index contributed by atoms with van der Waals surface area (Å²) in [6, 6.07) is 7.71. The van der Waals surface area contributed by atoms with Gasteiger partial charge in [-0.25, -0.2) is 4.79 Å². The van der Waals surface area contributed by atoms with Crippen molar-refractivity contribution in [3.63, 3.8) is 0 Å². The van der Waals surface area contributed by atoms with E-state index in [0.29, 0.717) is 6.61 Å². The van der Waals surface area contributed by atoms with Gasteiger partial charge < -0.3 is 4.74 Å². The smallest absolute Gasteiger partial charge is 0.327 e. The van der Waals surface area contributed by atoms with Crippen LogP contribution in [0.25, 0.3) is 0 Å². The summed E-state index contributed by atoms with van der Waals surface area (Å²) in [6.07, 6.45) is 0.917. The van der Waals surface area contributed by atoms with Crippen LogP contribution in [0.3, 0.4) is 0 Å². The summed E-state index contributed by atoms with van der Waals surface area (Å²) in [4.78, 5) is 13.9. The second kappa shape index (κ2) is 6.40. The number of carbonyl (C=O) groups is 1. The molecule has 0 aliphatic heterocycles. The molecule has 0 heterocycles. The van der Waals surface area contributed by atoms with Crippen molar-refractivity contribution in [2.75, 3.05) is 20.7 Å². The third-order valence-corrected chi connectivity index (χ3v) is 2.76. The molecule has 3 heteroatoms. The lowest BCUT2D eigenvalue weighted by Gasteiger charge is -2.24. The number of benzene rings is 1. The van der Waals surface area contributed by atoms with E-state index in [4.69, 9.17) is 4.74 Å². The minimum Gasteiger partial charge on any atom is -0.465 e. The number of hydrogen-bond acceptors (Lipinski definition) is 3. The van der Waals surface area contributed by atoms with Crippen LogP contribution in [0.1, 0.15) is 31.0 Å². The largest absolute Gasteiger partial charge is 0.465 e. The van der Waals surface area contributed by atoms with E-state index < -0.39 is 0 Å². The fourth-order valence-electron chi connectivity index (χ4n) is 1.96. The zero-order valence-electron chi connectivity index (χ0n) is 11.1. The molecule has 0 amide bonds. The van der Waals surface area contributed by atoms with Gasteiger partial charge in [-0.15, -0.1) is 0 Å². The Bertz CT molecular complexity index is 374. The number of nitrogens with zero attached hydrogens (tertiary/aromatic N) is 1. The van der Waals surface area contributed by atoms with Gasteiger partial charge in [0.05, 0.1) is 6.61 Å². The highest BCUT2D eigenvalue weighted by Gasteiger charge is 2.25. The summed E-state index contributed by atoms with van der Waals surface area (Å²) in [7, 11) is 3.79. The lowest BCUT2D eigenvalue weighted by molar-refractivity contribution is -0.148. The SMILES string of the molecule is CCOC(=O)C(c1ccccc1CC)N(C)C. The Morgan fingerprint density at radius 1 is 1.29 bits per heavy atom. The summed E-state index contributed by atoms with van der Waals surface area (Å²) >= 11 is 0. The molecule has 0 bridgehead atoms. The molecule has 0 aliphatic rings. The zero-order valence-corrected chi connectivity index (χ0v) is 11.1. The predicted molar refractivity (Wildman–Crippen MR) is 68.9 cm³/mol. The Hall–Kier alpha value is -1.35. The number of rotatable bonds is 5. The maximum absolute atomic E-state index is 12.0. The van der Waals surface area contributed by atoms with Gasteiger partial charge in [-0.2, -0.15) is 0 Å². The Morgan fingerprint density at radius 3 is 2.47 bits per heavy atom. The summed E-state index contributed by atoms with van der Waals surface area (Å²) in [6.45, 7) is 4.34. The first-order chi connectivity index (χ1) is 8.11. The second-order valence-electron chi connectivity index (χ2n) is 4.17. The van der Waals surface area contributed by atoms with Crippen LogP contribution in [-0.2, 0) is 16.0 Å². The van der Waals surface area contributed by atoms with Crippen LogP contribution in [0.15, 0.2) is 24.3 Å². The highest BCUT2D eigenvalue weighted by Crippen LogP contribution is 2.24. The molecule has 0 radical (unpaired) electrons. The molecule has 94 valence electrons. The topological polar surface area (TPSA) is 29.5 Å². The van der Waals surface area contributed by atoms with Gasteiger partial charge in [0.25, 0.3) is 0 Å². The standard InChI is InChI=1S/C14H21NO2/c1-5-11-9-7-8-10-12(11)13(15(3)4)14(16)17-6-2/h7-10,13H,5-6H2,1-4H3. The summed E-state index contributed by atoms with van der Waals surface area (Å²) in [5.74, 6) is -0.182. The van der Waals surface area contributed by atoms with Crippen LogP contribution >= 0.6 is 0 Å². The van der Waals surface area contributed by atoms with Crippen LogP contribution in [0, 0.1) is 0 Å². The average Bonchev–Trinajstić information content (AvgIpc) is 2.30. The van der Waals surface area contributed by atoms with Crippen LogP contribution in [0.5, 0.6) is 0 Å². The first-order valence-corrected chi connectivity index (χ1v) is 6.02. The van der Waals surface area contributed by atoms with Gasteiger partial charge in [-0.05, 0) is 38.6 Å². The number of aryl methyl sites for hydroxylation is 1. The Kier molecular flexibility index (Phi) is 5.16. The summed E-state index contributed by atoms with van der Waals surface area (Å²) in [5, 5.41) is 0. The predicted octanol–water partition coefficient (Wildman–Crippen LogP) is 2.41. The first-order valence-electron chi connectivity index (χ1n) is 6.02. The van der Waals surface area contributed by atoms with Gasteiger partial charge in [0, 0.05) is 0 Å². The van der Waals surface area contributed by atoms with Crippen LogP contribution in [0.2, 0.25) is 0 Å². The minimum atomic E-state index is -0.314. The molecule has 0 saturated carbocycles. The molecule has 17 heavy (non-hydrogen) atoms. The van der Waals surface area contributed by atoms with Crippen LogP contribution in [0.4, 0.5) is 0 Å². The molecule has 0 N–H and O–H groups in total. The van der Waals surface area contributed by atoms with E-state index in [-0.39, 0.29) is 12.0 Å². The van der Waals surface area contributed by atoms with Crippen molar-refractivity contribution in [2.45, 2.75) is 26.3 Å². The van der Waals surface area contributed by atoms with E-state index in [0.717, 1.165) is 12.0 Å². The molecular weight excluding hydrogens is 214 g/mol. The van der Waals surface area contributed by atoms with Gasteiger partial charge in [0.2, 0.25) is 0 Å². The number of carbonyl (C=O) groups excluding carboxylic acids is 1. The van der Waals surface area contributed by atoms with E-state index >= 15 is 0 Å². The molecular formula is C14H21NO2. The zero-order chi connectivity index (χ0) is 12.8. The normalized spacial score (nSPS) is 12.5. The Labute approximate surface area is 103 Å². The molecule has 0 fully saturated rings. The van der Waals surface area contributed by atoms with E-state index in [1.54, 1.807) is 0 Å². The number of likely N-dealkylation sites (N-methyl/N-ethyl adjacent to an activating group) is 1. The van der Waals surface area contributed by atoms with Crippen LogP contribution in [-0.4, -0.2) is 31.6 Å². The third-order valence-electron chi connectivity index (χ3n) is 2.76. The van der Waals surface area contributed by atoms with Gasteiger partial charge in [-0.1, -0.05) is 31.2 Å². The maximum Gasteiger partial charge on any atom is 0.327 e. The van der Waals surface area contributed by atoms with Crippen molar-refractivity contribution >= 4 is 5.97 Å². The van der Waals surface area contributed by atoms with Gasteiger partial charge in [0.1, 0.15) is 6.04 Å². The molecule has 0 spiro atoms. The second-order valence-corrected chi connectivity index (χ2v) is 4.17. The van der Waals surface area contributed by atoms with Gasteiger partial charge in [0.15, 0.2) is 0 Å². The number of hydrogen-bond donors (Lipinski definition) is 0. The van der Waals surface area contributed by atoms with E-state index in [1.165, 1.54) is 5.56 Å². The summed E-state index contributed by atoms with van der Waals surface area (Å²) in [5.41, 5.74) is 2.23. The lowest BCUT2D eigenvalue weighted by atomic mass is 9.98. The first kappa shape index (κ1) is 13.7. The highest BCUT2D eigenvalue weighted by molar-refractivity contribution is 5.78. The van der Waals surface area contributed by atoms with Crippen molar-refractivity contribution in [2.24, 2.45) is 0 Å². The maximum atomic E-state index is 12.0. The van der Waals surface area contributed by atoms with Gasteiger partial charge in [-0.3, -0.25) is 4.90 Å². The molecule has 1 atom stereocenters. The van der Waals surface area contributed by atoms with Crippen molar-refractivity contribution in [3.05, 3.63) is 35.4 Å². The molecule has 3 nitrogen and oxygen atoms in total. The molecule has 1 aromatic rings. The molecule has 1 unspecified atom stereocenters. The van der Waals surface area contributed by atoms with E-state index in [2.05, 4.69) is 13.0 Å². The number of ether oxygens (including phenoxy) is 1. The van der Waals surface area contributed by atoms with Crippen molar-refractivity contribution in [3.8, 4) is 0 Å². The molecule has 0 aromatic heterocycles. The van der Waals surface area contributed by atoms with Gasteiger partial charge >= 0.3 is 5.97 Å². The fraction of sp³-hybridized carbons (Fsp3) is 0.500. The lowest BCUT2D eigenvalue weighted by Crippen LogP contribution is -2.30. The van der Waals surface area contributed by atoms with E-state index in [1.807, 2.05) is 44.1 Å². The monoisotopic (exact) mass is 235 g/mol. The van der Waals surface area contributed by atoms with Crippen molar-refractivity contribution in [1.29, 1.82) is 0 Å². The molecule has 0 saturated heterocycles. The van der Waals surface area contributed by atoms with Crippen LogP contribution < -0.4 is 0 Å². The highest BCUT2D eigenvalue weighted by atomic mass is 16.5. The fourth-order valence-corrected chi connectivity index (χ4v) is 1.96.